The Balaban J connectivity index is 1.74. The van der Waals surface area contributed by atoms with Crippen LogP contribution in [0.5, 0.6) is 5.75 Å². The largest absolute Gasteiger partial charge is 0.497 e. The average Bonchev–Trinajstić information content (AvgIpc) is 2.57. The van der Waals surface area contributed by atoms with Gasteiger partial charge in [-0.15, -0.1) is 11.8 Å². The number of halogens is 1. The number of hydrogen-bond acceptors (Lipinski definition) is 4. The monoisotopic (exact) mass is 392 g/mol. The second-order valence-corrected chi connectivity index (χ2v) is 6.49. The molecule has 0 saturated carbocycles. The summed E-state index contributed by atoms with van der Waals surface area (Å²) in [6.45, 7) is 0. The lowest BCUT2D eigenvalue weighted by Gasteiger charge is -2.03. The molecule has 2 aromatic rings. The summed E-state index contributed by atoms with van der Waals surface area (Å²) in [6.07, 6.45) is 1.60. The lowest BCUT2D eigenvalue weighted by molar-refractivity contribution is -0.118. The van der Waals surface area contributed by atoms with Crippen molar-refractivity contribution in [2.75, 3.05) is 12.9 Å². The quantitative estimate of drug-likeness (QED) is 0.575. The third kappa shape index (κ3) is 6.08. The Hall–Kier alpha value is -1.79. The molecule has 0 radical (unpaired) electrons. The zero-order chi connectivity index (χ0) is 16.5. The zero-order valence-corrected chi connectivity index (χ0v) is 15.1. The molecule has 0 heterocycles. The standard InChI is InChI=1S/C17H17BrN2O2S/c1-22-15-7-4-5-13(9-15)10-19-20-17(21)12-23-11-14-6-2-3-8-16(14)18/h2-10H,11-12H2,1H3,(H,20,21)/b19-10+. The van der Waals surface area contributed by atoms with E-state index in [9.17, 15) is 4.79 Å². The molecule has 2 aromatic carbocycles. The highest BCUT2D eigenvalue weighted by Crippen LogP contribution is 2.21. The van der Waals surface area contributed by atoms with Crippen LogP contribution in [0.2, 0.25) is 0 Å². The Bertz CT molecular complexity index is 692. The highest BCUT2D eigenvalue weighted by molar-refractivity contribution is 9.10. The van der Waals surface area contributed by atoms with Crippen molar-refractivity contribution in [3.8, 4) is 5.75 Å². The lowest BCUT2D eigenvalue weighted by atomic mass is 10.2. The molecule has 0 atom stereocenters. The number of amides is 1. The fourth-order valence-corrected chi connectivity index (χ4v) is 3.24. The summed E-state index contributed by atoms with van der Waals surface area (Å²) >= 11 is 5.04. The van der Waals surface area contributed by atoms with Gasteiger partial charge in [0.15, 0.2) is 0 Å². The van der Waals surface area contributed by atoms with Crippen LogP contribution in [-0.4, -0.2) is 25.0 Å². The fourth-order valence-electron chi connectivity index (χ4n) is 1.80. The normalized spacial score (nSPS) is 10.7. The zero-order valence-electron chi connectivity index (χ0n) is 12.7. The van der Waals surface area contributed by atoms with Gasteiger partial charge < -0.3 is 4.74 Å². The summed E-state index contributed by atoms with van der Waals surface area (Å²) < 4.78 is 6.19. The Kier molecular flexibility index (Phi) is 7.16. The van der Waals surface area contributed by atoms with Gasteiger partial charge in [-0.3, -0.25) is 4.79 Å². The van der Waals surface area contributed by atoms with Crippen LogP contribution in [0, 0.1) is 0 Å². The second-order valence-electron chi connectivity index (χ2n) is 4.65. The molecule has 2 rings (SSSR count). The van der Waals surface area contributed by atoms with Crippen LogP contribution in [0.15, 0.2) is 58.1 Å². The molecule has 1 amide bonds. The van der Waals surface area contributed by atoms with Crippen molar-refractivity contribution in [3.63, 3.8) is 0 Å². The van der Waals surface area contributed by atoms with Gasteiger partial charge in [0.2, 0.25) is 5.91 Å². The van der Waals surface area contributed by atoms with Gasteiger partial charge in [0, 0.05) is 10.2 Å². The Labute approximate surface area is 148 Å². The second kappa shape index (κ2) is 9.37. The Morgan fingerprint density at radius 1 is 1.30 bits per heavy atom. The summed E-state index contributed by atoms with van der Waals surface area (Å²) in [5.41, 5.74) is 4.56. The Morgan fingerprint density at radius 2 is 2.13 bits per heavy atom. The predicted molar refractivity (Wildman–Crippen MR) is 99.0 cm³/mol. The first kappa shape index (κ1) is 17.6. The van der Waals surface area contributed by atoms with Gasteiger partial charge in [-0.2, -0.15) is 5.10 Å². The third-order valence-electron chi connectivity index (χ3n) is 2.95. The molecule has 1 N–H and O–H groups in total. The summed E-state index contributed by atoms with van der Waals surface area (Å²) in [6, 6.07) is 15.4. The van der Waals surface area contributed by atoms with Crippen molar-refractivity contribution in [1.29, 1.82) is 0 Å². The SMILES string of the molecule is COc1cccc(/C=N/NC(=O)CSCc2ccccc2Br)c1. The smallest absolute Gasteiger partial charge is 0.250 e. The molecule has 0 bridgehead atoms. The number of nitrogens with zero attached hydrogens (tertiary/aromatic N) is 1. The van der Waals surface area contributed by atoms with Crippen LogP contribution in [0.1, 0.15) is 11.1 Å². The first-order valence-corrected chi connectivity index (χ1v) is 8.91. The maximum absolute atomic E-state index is 11.7. The minimum absolute atomic E-state index is 0.124. The molecular formula is C17H17BrN2O2S. The van der Waals surface area contributed by atoms with Crippen LogP contribution < -0.4 is 10.2 Å². The number of nitrogens with one attached hydrogen (secondary N) is 1. The van der Waals surface area contributed by atoms with Gasteiger partial charge in [0.1, 0.15) is 5.75 Å². The summed E-state index contributed by atoms with van der Waals surface area (Å²) in [5.74, 6) is 1.76. The number of methoxy groups -OCH3 is 1. The summed E-state index contributed by atoms with van der Waals surface area (Å²) in [4.78, 5) is 11.7. The molecular weight excluding hydrogens is 376 g/mol. The molecule has 0 aromatic heterocycles. The summed E-state index contributed by atoms with van der Waals surface area (Å²) in [7, 11) is 1.61. The number of thioether (sulfide) groups is 1. The first-order chi connectivity index (χ1) is 11.2. The van der Waals surface area contributed by atoms with E-state index in [0.717, 1.165) is 21.5 Å². The molecule has 0 aliphatic heterocycles. The van der Waals surface area contributed by atoms with Crippen LogP contribution >= 0.6 is 27.7 Å². The Morgan fingerprint density at radius 3 is 2.91 bits per heavy atom. The van der Waals surface area contributed by atoms with E-state index in [1.54, 1.807) is 25.1 Å². The van der Waals surface area contributed by atoms with E-state index in [1.165, 1.54) is 5.56 Å². The van der Waals surface area contributed by atoms with Crippen molar-refractivity contribution in [1.82, 2.24) is 5.43 Å². The van der Waals surface area contributed by atoms with E-state index in [0.29, 0.717) is 5.75 Å². The lowest BCUT2D eigenvalue weighted by Crippen LogP contribution is -2.19. The number of hydrazone groups is 1. The van der Waals surface area contributed by atoms with E-state index in [1.807, 2.05) is 48.5 Å². The maximum Gasteiger partial charge on any atom is 0.250 e. The minimum atomic E-state index is -0.124. The van der Waals surface area contributed by atoms with Gasteiger partial charge in [-0.25, -0.2) is 5.43 Å². The van der Waals surface area contributed by atoms with E-state index >= 15 is 0 Å². The molecule has 0 fully saturated rings. The van der Waals surface area contributed by atoms with Gasteiger partial charge in [0.25, 0.3) is 0 Å². The van der Waals surface area contributed by atoms with Crippen molar-refractivity contribution >= 4 is 39.8 Å². The molecule has 0 unspecified atom stereocenters. The molecule has 6 heteroatoms. The molecule has 0 aliphatic rings. The first-order valence-electron chi connectivity index (χ1n) is 6.96. The molecule has 0 aliphatic carbocycles. The van der Waals surface area contributed by atoms with Crippen molar-refractivity contribution in [2.45, 2.75) is 5.75 Å². The van der Waals surface area contributed by atoms with Gasteiger partial charge in [-0.05, 0) is 29.3 Å². The van der Waals surface area contributed by atoms with Gasteiger partial charge >= 0.3 is 0 Å². The maximum atomic E-state index is 11.7. The number of hydrogen-bond donors (Lipinski definition) is 1. The van der Waals surface area contributed by atoms with E-state index in [2.05, 4.69) is 26.5 Å². The van der Waals surface area contributed by atoms with Crippen LogP contribution in [0.25, 0.3) is 0 Å². The topological polar surface area (TPSA) is 50.7 Å². The molecule has 23 heavy (non-hydrogen) atoms. The molecule has 4 nitrogen and oxygen atoms in total. The van der Waals surface area contributed by atoms with Gasteiger partial charge in [0.05, 0.1) is 19.1 Å². The molecule has 0 spiro atoms. The van der Waals surface area contributed by atoms with E-state index in [4.69, 9.17) is 4.74 Å². The van der Waals surface area contributed by atoms with Crippen molar-refractivity contribution in [2.24, 2.45) is 5.10 Å². The molecule has 120 valence electrons. The van der Waals surface area contributed by atoms with Crippen molar-refractivity contribution < 1.29 is 9.53 Å². The predicted octanol–water partition coefficient (Wildman–Crippen LogP) is 3.84. The van der Waals surface area contributed by atoms with Gasteiger partial charge in [-0.1, -0.05) is 46.3 Å². The number of carbonyl (C=O) groups is 1. The third-order valence-corrected chi connectivity index (χ3v) is 4.70. The van der Waals surface area contributed by atoms with Crippen molar-refractivity contribution in [3.05, 3.63) is 64.1 Å². The number of benzene rings is 2. The average molecular weight is 393 g/mol. The molecule has 0 saturated heterocycles. The van der Waals surface area contributed by atoms with Crippen LogP contribution in [0.4, 0.5) is 0 Å². The highest BCUT2D eigenvalue weighted by atomic mass is 79.9. The van der Waals surface area contributed by atoms with E-state index < -0.39 is 0 Å². The number of ether oxygens (including phenoxy) is 1. The summed E-state index contributed by atoms with van der Waals surface area (Å²) in [5, 5.41) is 3.96. The fraction of sp³-hybridized carbons (Fsp3) is 0.176. The van der Waals surface area contributed by atoms with E-state index in [-0.39, 0.29) is 5.91 Å². The highest BCUT2D eigenvalue weighted by Gasteiger charge is 2.03. The number of carbonyl (C=O) groups excluding carboxylic acids is 1. The number of rotatable bonds is 7. The van der Waals surface area contributed by atoms with Crippen LogP contribution in [-0.2, 0) is 10.5 Å². The minimum Gasteiger partial charge on any atom is -0.497 e. The van der Waals surface area contributed by atoms with Crippen LogP contribution in [0.3, 0.4) is 0 Å².